The highest BCUT2D eigenvalue weighted by Gasteiger charge is 2.26. The van der Waals surface area contributed by atoms with Crippen LogP contribution in [0.1, 0.15) is 36.0 Å². The van der Waals surface area contributed by atoms with Gasteiger partial charge in [-0.1, -0.05) is 12.8 Å². The molecule has 4 rings (SSSR count). The van der Waals surface area contributed by atoms with Gasteiger partial charge in [-0.05, 0) is 56.3 Å². The van der Waals surface area contributed by atoms with Gasteiger partial charge < -0.3 is 21.7 Å². The zero-order valence-corrected chi connectivity index (χ0v) is 17.8. The van der Waals surface area contributed by atoms with Crippen molar-refractivity contribution in [3.05, 3.63) is 60.2 Å². The number of benzene rings is 1. The van der Waals surface area contributed by atoms with Gasteiger partial charge in [0, 0.05) is 35.7 Å². The quantitative estimate of drug-likeness (QED) is 0.449. The Hall–Kier alpha value is -3.59. The molecule has 2 aromatic heterocycles. The van der Waals surface area contributed by atoms with Gasteiger partial charge >= 0.3 is 0 Å². The molecule has 166 valence electrons. The van der Waals surface area contributed by atoms with Crippen LogP contribution in [0.3, 0.4) is 0 Å². The lowest BCUT2D eigenvalue weighted by atomic mass is 9.90. The molecule has 3 aromatic rings. The summed E-state index contributed by atoms with van der Waals surface area (Å²) in [7, 11) is 1.90. The van der Waals surface area contributed by atoms with Gasteiger partial charge in [0.15, 0.2) is 17.5 Å². The number of aromatic nitrogens is 3. The van der Waals surface area contributed by atoms with E-state index >= 15 is 0 Å². The third kappa shape index (κ3) is 4.83. The number of nitrogens with one attached hydrogen (secondary N) is 3. The highest BCUT2D eigenvalue weighted by Crippen LogP contribution is 2.28. The number of pyridine rings is 1. The maximum Gasteiger partial charge on any atom is 0.252 e. The molecule has 1 aliphatic carbocycles. The molecule has 0 spiro atoms. The predicted octanol–water partition coefficient (Wildman–Crippen LogP) is 3.46. The average molecular weight is 436 g/mol. The third-order valence-electron chi connectivity index (χ3n) is 5.67. The lowest BCUT2D eigenvalue weighted by molar-refractivity contribution is 0.100. The Balaban J connectivity index is 1.59. The molecule has 2 heterocycles. The first-order chi connectivity index (χ1) is 15.5. The van der Waals surface area contributed by atoms with Crippen molar-refractivity contribution in [2.24, 2.45) is 5.73 Å². The fourth-order valence-corrected chi connectivity index (χ4v) is 3.99. The molecule has 32 heavy (non-hydrogen) atoms. The molecule has 2 atom stereocenters. The van der Waals surface area contributed by atoms with Crippen molar-refractivity contribution < 1.29 is 9.18 Å². The Morgan fingerprint density at radius 1 is 1.06 bits per heavy atom. The molecule has 1 unspecified atom stereocenters. The van der Waals surface area contributed by atoms with Crippen LogP contribution in [0.2, 0.25) is 0 Å². The van der Waals surface area contributed by atoms with Crippen LogP contribution in [0.15, 0.2) is 48.8 Å². The van der Waals surface area contributed by atoms with Crippen LogP contribution in [-0.2, 0) is 0 Å². The van der Waals surface area contributed by atoms with E-state index in [9.17, 15) is 9.18 Å². The second kappa shape index (κ2) is 9.69. The number of nitrogens with two attached hydrogens (primary N) is 1. The molecule has 1 aliphatic rings. The Morgan fingerprint density at radius 2 is 1.75 bits per heavy atom. The van der Waals surface area contributed by atoms with E-state index in [-0.39, 0.29) is 29.3 Å². The number of likely N-dealkylation sites (N-methyl/N-ethyl adjacent to an activating group) is 1. The Labute approximate surface area is 185 Å². The molecule has 0 saturated heterocycles. The summed E-state index contributed by atoms with van der Waals surface area (Å²) in [5.74, 6) is -0.470. The van der Waals surface area contributed by atoms with Crippen LogP contribution in [0.4, 0.5) is 21.7 Å². The van der Waals surface area contributed by atoms with Crippen LogP contribution in [0, 0.1) is 5.82 Å². The van der Waals surface area contributed by atoms with Gasteiger partial charge in [0.1, 0.15) is 5.82 Å². The standard InChI is InChI=1S/C23H26FN7O/c1-26-18-5-2-3-6-19(18)30-23-17(24)13-16(20(25)32)22(31-23)29-15-9-7-14(8-10-15)21-27-11-4-12-28-21/h4,7-13,18-19,26H,2-3,5-6H2,1H3,(H2,25,32)(H2,29,30,31)/t18?,19-/m1/s1. The normalized spacial score (nSPS) is 18.2. The van der Waals surface area contributed by atoms with Crippen molar-refractivity contribution in [1.29, 1.82) is 0 Å². The predicted molar refractivity (Wildman–Crippen MR) is 122 cm³/mol. The van der Waals surface area contributed by atoms with Crippen molar-refractivity contribution >= 4 is 23.2 Å². The Kier molecular flexibility index (Phi) is 6.55. The minimum Gasteiger partial charge on any atom is -0.365 e. The van der Waals surface area contributed by atoms with E-state index in [0.717, 1.165) is 37.3 Å². The SMILES string of the molecule is CNC1CCCC[C@H]1Nc1nc(Nc2ccc(-c3ncccn3)cc2)c(C(N)=O)cc1F. The number of halogens is 1. The molecular formula is C23H26FN7O. The van der Waals surface area contributed by atoms with E-state index in [0.29, 0.717) is 11.5 Å². The van der Waals surface area contributed by atoms with Crippen molar-refractivity contribution in [3.8, 4) is 11.4 Å². The smallest absolute Gasteiger partial charge is 0.252 e. The number of hydrogen-bond donors (Lipinski definition) is 4. The molecule has 9 heteroatoms. The minimum absolute atomic E-state index is 0.0164. The average Bonchev–Trinajstić information content (AvgIpc) is 2.82. The monoisotopic (exact) mass is 435 g/mol. The number of amides is 1. The van der Waals surface area contributed by atoms with Gasteiger partial charge in [-0.3, -0.25) is 4.79 Å². The third-order valence-corrected chi connectivity index (χ3v) is 5.67. The van der Waals surface area contributed by atoms with Gasteiger partial charge in [0.2, 0.25) is 0 Å². The van der Waals surface area contributed by atoms with Gasteiger partial charge in [-0.15, -0.1) is 0 Å². The Bertz CT molecular complexity index is 1080. The summed E-state index contributed by atoms with van der Waals surface area (Å²) in [5, 5.41) is 9.59. The number of carbonyl (C=O) groups is 1. The number of anilines is 3. The lowest BCUT2D eigenvalue weighted by Gasteiger charge is -2.32. The van der Waals surface area contributed by atoms with Crippen LogP contribution >= 0.6 is 0 Å². The van der Waals surface area contributed by atoms with E-state index in [1.54, 1.807) is 18.5 Å². The number of primary amides is 1. The Morgan fingerprint density at radius 3 is 2.41 bits per heavy atom. The zero-order chi connectivity index (χ0) is 22.5. The largest absolute Gasteiger partial charge is 0.365 e. The number of nitrogens with zero attached hydrogens (tertiary/aromatic N) is 3. The zero-order valence-electron chi connectivity index (χ0n) is 17.8. The number of hydrogen-bond acceptors (Lipinski definition) is 7. The minimum atomic E-state index is -0.759. The van der Waals surface area contributed by atoms with Gasteiger partial charge in [0.05, 0.1) is 5.56 Å². The van der Waals surface area contributed by atoms with Crippen LogP contribution in [0.5, 0.6) is 0 Å². The van der Waals surface area contributed by atoms with Crippen molar-refractivity contribution in [3.63, 3.8) is 0 Å². The van der Waals surface area contributed by atoms with Crippen LogP contribution in [-0.4, -0.2) is 40.0 Å². The molecule has 0 bridgehead atoms. The van der Waals surface area contributed by atoms with Gasteiger partial charge in [0.25, 0.3) is 5.91 Å². The molecule has 5 N–H and O–H groups in total. The lowest BCUT2D eigenvalue weighted by Crippen LogP contribution is -2.45. The summed E-state index contributed by atoms with van der Waals surface area (Å²) in [6.45, 7) is 0. The van der Waals surface area contributed by atoms with Crippen molar-refractivity contribution in [2.75, 3.05) is 17.7 Å². The van der Waals surface area contributed by atoms with E-state index < -0.39 is 11.7 Å². The van der Waals surface area contributed by atoms with Crippen molar-refractivity contribution in [1.82, 2.24) is 20.3 Å². The first-order valence-electron chi connectivity index (χ1n) is 10.6. The first kappa shape index (κ1) is 21.6. The van der Waals surface area contributed by atoms with Crippen molar-refractivity contribution in [2.45, 2.75) is 37.8 Å². The van der Waals surface area contributed by atoms with Crippen LogP contribution in [0.25, 0.3) is 11.4 Å². The fourth-order valence-electron chi connectivity index (χ4n) is 3.99. The summed E-state index contributed by atoms with van der Waals surface area (Å²) in [6, 6.07) is 10.5. The molecule has 1 aromatic carbocycles. The van der Waals surface area contributed by atoms with E-state index in [2.05, 4.69) is 30.9 Å². The summed E-state index contributed by atoms with van der Waals surface area (Å²) in [4.78, 5) is 24.8. The maximum atomic E-state index is 14.8. The highest BCUT2D eigenvalue weighted by molar-refractivity contribution is 5.98. The van der Waals surface area contributed by atoms with Gasteiger partial charge in [-0.2, -0.15) is 0 Å². The molecule has 8 nitrogen and oxygen atoms in total. The highest BCUT2D eigenvalue weighted by atomic mass is 19.1. The number of rotatable bonds is 7. The molecular weight excluding hydrogens is 409 g/mol. The molecule has 1 fully saturated rings. The maximum absolute atomic E-state index is 14.8. The molecule has 1 saturated carbocycles. The summed E-state index contributed by atoms with van der Waals surface area (Å²) in [5.41, 5.74) is 6.98. The molecule has 0 radical (unpaired) electrons. The molecule has 0 aliphatic heterocycles. The van der Waals surface area contributed by atoms with E-state index in [1.807, 2.05) is 31.3 Å². The summed E-state index contributed by atoms with van der Waals surface area (Å²) >= 11 is 0. The number of carbonyl (C=O) groups excluding carboxylic acids is 1. The second-order valence-electron chi connectivity index (χ2n) is 7.78. The molecule has 1 amide bonds. The first-order valence-corrected chi connectivity index (χ1v) is 10.6. The van der Waals surface area contributed by atoms with E-state index in [4.69, 9.17) is 5.73 Å². The van der Waals surface area contributed by atoms with Gasteiger partial charge in [-0.25, -0.2) is 19.3 Å². The van der Waals surface area contributed by atoms with E-state index in [1.165, 1.54) is 0 Å². The fraction of sp³-hybridized carbons (Fsp3) is 0.304. The topological polar surface area (TPSA) is 118 Å². The summed E-state index contributed by atoms with van der Waals surface area (Å²) < 4.78 is 14.8. The van der Waals surface area contributed by atoms with Crippen LogP contribution < -0.4 is 21.7 Å². The second-order valence-corrected chi connectivity index (χ2v) is 7.78. The summed E-state index contributed by atoms with van der Waals surface area (Å²) in [6.07, 6.45) is 7.48.